The number of aliphatic hydroxyl groups is 1. The number of aliphatic carboxylic acids is 1. The molecule has 23 heavy (non-hydrogen) atoms. The van der Waals surface area contributed by atoms with Crippen LogP contribution in [0.15, 0.2) is 0 Å². The van der Waals surface area contributed by atoms with E-state index in [2.05, 4.69) is 0 Å². The molecule has 2 N–H and O–H groups in total. The summed E-state index contributed by atoms with van der Waals surface area (Å²) >= 11 is 0. The molecule has 0 rings (SSSR count). The van der Waals surface area contributed by atoms with Gasteiger partial charge in [-0.25, -0.2) is 0 Å². The average molecular weight is 348 g/mol. The molecule has 8 heteroatoms. The Morgan fingerprint density at radius 1 is 0.826 bits per heavy atom. The molecule has 0 amide bonds. The van der Waals surface area contributed by atoms with Crippen LogP contribution in [0.25, 0.3) is 0 Å². The zero-order chi connectivity index (χ0) is 17.9. The second-order valence-electron chi connectivity index (χ2n) is 5.76. The number of alkyl halides is 5. The third kappa shape index (κ3) is 9.73. The lowest BCUT2D eigenvalue weighted by Gasteiger charge is -2.20. The number of carboxylic acids is 1. The van der Waals surface area contributed by atoms with Gasteiger partial charge in [0.05, 0.1) is 5.92 Å². The molecule has 0 aliphatic heterocycles. The lowest BCUT2D eigenvalue weighted by molar-refractivity contribution is -0.284. The van der Waals surface area contributed by atoms with Gasteiger partial charge < -0.3 is 10.2 Å². The van der Waals surface area contributed by atoms with E-state index in [-0.39, 0.29) is 19.4 Å². The maximum atomic E-state index is 12.7. The van der Waals surface area contributed by atoms with Gasteiger partial charge in [-0.05, 0) is 25.7 Å². The minimum Gasteiger partial charge on any atom is -0.481 e. The van der Waals surface area contributed by atoms with Gasteiger partial charge in [0.25, 0.3) is 0 Å². The number of carboxylic acid groups (broad SMARTS) is 1. The van der Waals surface area contributed by atoms with Crippen molar-refractivity contribution >= 4 is 5.97 Å². The van der Waals surface area contributed by atoms with E-state index in [1.54, 1.807) is 0 Å². The van der Waals surface area contributed by atoms with Crippen LogP contribution in [-0.2, 0) is 4.79 Å². The van der Waals surface area contributed by atoms with Gasteiger partial charge in [0.15, 0.2) is 0 Å². The van der Waals surface area contributed by atoms with Crippen LogP contribution in [0.2, 0.25) is 0 Å². The fourth-order valence-corrected chi connectivity index (χ4v) is 2.31. The largest absolute Gasteiger partial charge is 0.481 e. The second kappa shape index (κ2) is 10.8. The van der Waals surface area contributed by atoms with Gasteiger partial charge >= 0.3 is 18.1 Å². The van der Waals surface area contributed by atoms with Crippen LogP contribution in [0.3, 0.4) is 0 Å². The topological polar surface area (TPSA) is 57.5 Å². The highest BCUT2D eigenvalue weighted by Gasteiger charge is 2.56. The quantitative estimate of drug-likeness (QED) is 0.372. The van der Waals surface area contributed by atoms with E-state index in [1.165, 1.54) is 0 Å². The summed E-state index contributed by atoms with van der Waals surface area (Å²) in [6, 6.07) is 0. The van der Waals surface area contributed by atoms with Crippen LogP contribution in [0, 0.1) is 5.92 Å². The summed E-state index contributed by atoms with van der Waals surface area (Å²) in [6.07, 6.45) is -2.50. The highest BCUT2D eigenvalue weighted by Crippen LogP contribution is 2.39. The molecule has 0 saturated heterocycles. The van der Waals surface area contributed by atoms with E-state index >= 15 is 0 Å². The Kier molecular flexibility index (Phi) is 10.3. The molecule has 138 valence electrons. The van der Waals surface area contributed by atoms with Gasteiger partial charge in [0, 0.05) is 13.0 Å². The lowest BCUT2D eigenvalue weighted by atomic mass is 9.94. The van der Waals surface area contributed by atoms with Crippen molar-refractivity contribution in [2.24, 2.45) is 5.92 Å². The fourth-order valence-electron chi connectivity index (χ4n) is 2.31. The number of unbranched alkanes of at least 4 members (excludes halogenated alkanes) is 5. The Balaban J connectivity index is 3.98. The van der Waals surface area contributed by atoms with Crippen molar-refractivity contribution in [1.82, 2.24) is 0 Å². The molecule has 1 unspecified atom stereocenters. The predicted octanol–water partition coefficient (Wildman–Crippen LogP) is 4.78. The molecule has 0 bridgehead atoms. The first-order valence-corrected chi connectivity index (χ1v) is 7.90. The number of hydrogen-bond donors (Lipinski definition) is 2. The number of aliphatic hydroxyl groups excluding tert-OH is 1. The molecule has 0 radical (unpaired) electrons. The minimum atomic E-state index is -5.58. The van der Waals surface area contributed by atoms with Gasteiger partial charge in [0.2, 0.25) is 0 Å². The number of hydrogen-bond acceptors (Lipinski definition) is 2. The molecule has 0 spiro atoms. The van der Waals surface area contributed by atoms with Gasteiger partial charge in [0.1, 0.15) is 0 Å². The van der Waals surface area contributed by atoms with Crippen molar-refractivity contribution in [3.8, 4) is 0 Å². The fraction of sp³-hybridized carbons (Fsp3) is 0.933. The second-order valence-corrected chi connectivity index (χ2v) is 5.76. The van der Waals surface area contributed by atoms with Crippen molar-refractivity contribution in [2.75, 3.05) is 6.61 Å². The van der Waals surface area contributed by atoms with Gasteiger partial charge in [-0.2, -0.15) is 22.0 Å². The Morgan fingerprint density at radius 3 is 1.78 bits per heavy atom. The highest BCUT2D eigenvalue weighted by atomic mass is 19.4. The zero-order valence-electron chi connectivity index (χ0n) is 13.0. The van der Waals surface area contributed by atoms with Crippen molar-refractivity contribution < 1.29 is 37.0 Å². The van der Waals surface area contributed by atoms with Gasteiger partial charge in [-0.1, -0.05) is 32.1 Å². The van der Waals surface area contributed by atoms with Crippen molar-refractivity contribution in [1.29, 1.82) is 0 Å². The molecule has 0 aromatic rings. The van der Waals surface area contributed by atoms with Crippen LogP contribution < -0.4 is 0 Å². The zero-order valence-corrected chi connectivity index (χ0v) is 13.0. The summed E-state index contributed by atoms with van der Waals surface area (Å²) in [6.45, 7) is 0.143. The monoisotopic (exact) mass is 348 g/mol. The molecule has 0 aromatic carbocycles. The SMILES string of the molecule is O=C(O)C(CCCCCCCCO)CCCC(F)(F)C(F)(F)F. The van der Waals surface area contributed by atoms with Crippen LogP contribution in [0.1, 0.15) is 64.2 Å². The number of rotatable bonds is 13. The molecular weight excluding hydrogens is 323 g/mol. The maximum absolute atomic E-state index is 12.7. The molecular formula is C15H25F5O3. The Morgan fingerprint density at radius 2 is 1.30 bits per heavy atom. The van der Waals surface area contributed by atoms with Crippen LogP contribution in [-0.4, -0.2) is 34.9 Å². The number of carbonyl (C=O) groups is 1. The first kappa shape index (κ1) is 22.1. The van der Waals surface area contributed by atoms with E-state index in [0.29, 0.717) is 6.42 Å². The van der Waals surface area contributed by atoms with Gasteiger partial charge in [-0.3, -0.25) is 4.79 Å². The first-order chi connectivity index (χ1) is 10.6. The van der Waals surface area contributed by atoms with E-state index in [9.17, 15) is 26.7 Å². The lowest BCUT2D eigenvalue weighted by Crippen LogP contribution is -2.36. The summed E-state index contributed by atoms with van der Waals surface area (Å²) in [7, 11) is 0. The van der Waals surface area contributed by atoms with E-state index in [0.717, 1.165) is 32.1 Å². The Labute approximate surface area is 132 Å². The molecule has 1 atom stereocenters. The third-order valence-electron chi connectivity index (χ3n) is 3.77. The molecule has 0 fully saturated rings. The summed E-state index contributed by atoms with van der Waals surface area (Å²) in [5.74, 6) is -6.79. The van der Waals surface area contributed by atoms with Crippen molar-refractivity contribution in [2.45, 2.75) is 76.3 Å². The van der Waals surface area contributed by atoms with Crippen LogP contribution in [0.5, 0.6) is 0 Å². The molecule has 0 heterocycles. The summed E-state index contributed by atoms with van der Waals surface area (Å²) in [5.41, 5.74) is 0. The Bertz CT molecular complexity index is 332. The van der Waals surface area contributed by atoms with Crippen molar-refractivity contribution in [3.05, 3.63) is 0 Å². The molecule has 0 aromatic heterocycles. The standard InChI is InChI=1S/C15H25F5O3/c16-14(17,15(18,19)20)10-7-9-12(13(22)23)8-5-3-1-2-4-6-11-21/h12,21H,1-11H2,(H,22,23). The molecule has 3 nitrogen and oxygen atoms in total. The van der Waals surface area contributed by atoms with Gasteiger partial charge in [-0.15, -0.1) is 0 Å². The summed E-state index contributed by atoms with van der Waals surface area (Å²) in [4.78, 5) is 11.0. The highest BCUT2D eigenvalue weighted by molar-refractivity contribution is 5.69. The maximum Gasteiger partial charge on any atom is 0.453 e. The molecule has 0 saturated carbocycles. The predicted molar refractivity (Wildman–Crippen MR) is 75.4 cm³/mol. The Hall–Kier alpha value is -0.920. The summed E-state index contributed by atoms with van der Waals surface area (Å²) < 4.78 is 61.5. The average Bonchev–Trinajstić information content (AvgIpc) is 2.42. The van der Waals surface area contributed by atoms with Crippen LogP contribution >= 0.6 is 0 Å². The van der Waals surface area contributed by atoms with E-state index in [1.807, 2.05) is 0 Å². The molecule has 0 aliphatic carbocycles. The van der Waals surface area contributed by atoms with E-state index in [4.69, 9.17) is 10.2 Å². The number of halogens is 5. The third-order valence-corrected chi connectivity index (χ3v) is 3.77. The normalized spacial score (nSPS) is 14.0. The molecule has 0 aliphatic rings. The smallest absolute Gasteiger partial charge is 0.453 e. The van der Waals surface area contributed by atoms with E-state index < -0.39 is 36.8 Å². The summed E-state index contributed by atoms with van der Waals surface area (Å²) in [5, 5.41) is 17.6. The van der Waals surface area contributed by atoms with Crippen molar-refractivity contribution in [3.63, 3.8) is 0 Å². The van der Waals surface area contributed by atoms with Crippen LogP contribution in [0.4, 0.5) is 22.0 Å². The first-order valence-electron chi connectivity index (χ1n) is 7.90. The minimum absolute atomic E-state index is 0.143.